The smallest absolute Gasteiger partial charge is 0.0409 e. The summed E-state index contributed by atoms with van der Waals surface area (Å²) in [7, 11) is 2.22. The third kappa shape index (κ3) is 4.98. The summed E-state index contributed by atoms with van der Waals surface area (Å²) >= 11 is 6.12. The molecule has 1 aliphatic rings. The molecule has 0 aromatic heterocycles. The first-order chi connectivity index (χ1) is 9.93. The monoisotopic (exact) mass is 308 g/mol. The van der Waals surface area contributed by atoms with Gasteiger partial charge >= 0.3 is 0 Å². The number of hydrogen-bond acceptors (Lipinski definition) is 2. The molecule has 1 N–H and O–H groups in total. The molecule has 1 saturated carbocycles. The molecule has 2 atom stereocenters. The van der Waals surface area contributed by atoms with Gasteiger partial charge in [0.2, 0.25) is 0 Å². The van der Waals surface area contributed by atoms with Gasteiger partial charge in [-0.05, 0) is 56.3 Å². The van der Waals surface area contributed by atoms with E-state index in [4.69, 9.17) is 11.6 Å². The maximum atomic E-state index is 6.12. The van der Waals surface area contributed by atoms with Gasteiger partial charge in [-0.1, -0.05) is 37.6 Å². The second-order valence-electron chi connectivity index (χ2n) is 6.97. The van der Waals surface area contributed by atoms with E-state index in [0.29, 0.717) is 11.5 Å². The van der Waals surface area contributed by atoms with Crippen LogP contribution in [0.4, 0.5) is 0 Å². The van der Waals surface area contributed by atoms with Crippen LogP contribution in [0.1, 0.15) is 51.6 Å². The van der Waals surface area contributed by atoms with Gasteiger partial charge in [0, 0.05) is 30.2 Å². The maximum absolute atomic E-state index is 6.12. The van der Waals surface area contributed by atoms with Crippen molar-refractivity contribution in [2.24, 2.45) is 5.41 Å². The summed E-state index contributed by atoms with van der Waals surface area (Å²) in [6.07, 6.45) is 3.91. The number of rotatable bonds is 8. The summed E-state index contributed by atoms with van der Waals surface area (Å²) in [4.78, 5) is 2.45. The summed E-state index contributed by atoms with van der Waals surface area (Å²) in [5.74, 6) is 0. The first-order valence-electron chi connectivity index (χ1n) is 8.12. The Hall–Kier alpha value is -0.570. The van der Waals surface area contributed by atoms with Crippen LogP contribution in [-0.2, 0) is 0 Å². The van der Waals surface area contributed by atoms with Crippen molar-refractivity contribution in [2.45, 2.75) is 52.1 Å². The van der Waals surface area contributed by atoms with Crippen LogP contribution in [0.3, 0.4) is 0 Å². The van der Waals surface area contributed by atoms with Crippen LogP contribution >= 0.6 is 11.6 Å². The van der Waals surface area contributed by atoms with Gasteiger partial charge in [0.15, 0.2) is 0 Å². The minimum atomic E-state index is 0.324. The molecule has 0 aliphatic heterocycles. The first kappa shape index (κ1) is 16.8. The van der Waals surface area contributed by atoms with Crippen molar-refractivity contribution in [3.8, 4) is 0 Å². The van der Waals surface area contributed by atoms with Crippen molar-refractivity contribution < 1.29 is 0 Å². The van der Waals surface area contributed by atoms with Gasteiger partial charge in [0.05, 0.1) is 0 Å². The van der Waals surface area contributed by atoms with Crippen molar-refractivity contribution in [1.82, 2.24) is 10.2 Å². The molecule has 2 nitrogen and oxygen atoms in total. The molecule has 0 saturated heterocycles. The van der Waals surface area contributed by atoms with E-state index in [2.05, 4.69) is 50.2 Å². The van der Waals surface area contributed by atoms with Crippen LogP contribution in [0.25, 0.3) is 0 Å². The standard InChI is InChI=1S/C18H29ClN2/c1-5-18(3,12-20-17-9-10-17)13-21(4)14(2)15-7-6-8-16(19)11-15/h6-8,11,14,17,20H,5,9-10,12-13H2,1-4H3. The predicted octanol–water partition coefficient (Wildman–Crippen LogP) is 4.50. The SMILES string of the molecule is CCC(C)(CNC1CC1)CN(C)C(C)c1cccc(Cl)c1. The fourth-order valence-corrected chi connectivity index (χ4v) is 2.93. The van der Waals surface area contributed by atoms with Gasteiger partial charge in [0.25, 0.3) is 0 Å². The highest BCUT2D eigenvalue weighted by atomic mass is 35.5. The van der Waals surface area contributed by atoms with E-state index in [9.17, 15) is 0 Å². The lowest BCUT2D eigenvalue weighted by Gasteiger charge is -2.36. The molecular weight excluding hydrogens is 280 g/mol. The summed E-state index contributed by atoms with van der Waals surface area (Å²) < 4.78 is 0. The molecule has 1 aromatic rings. The Morgan fingerprint density at radius 2 is 2.14 bits per heavy atom. The normalized spacial score (nSPS) is 19.5. The van der Waals surface area contributed by atoms with Gasteiger partial charge in [0.1, 0.15) is 0 Å². The summed E-state index contributed by atoms with van der Waals surface area (Å²) in [6.45, 7) is 9.16. The van der Waals surface area contributed by atoms with E-state index < -0.39 is 0 Å². The fraction of sp³-hybridized carbons (Fsp3) is 0.667. The van der Waals surface area contributed by atoms with Crippen molar-refractivity contribution in [2.75, 3.05) is 20.1 Å². The lowest BCUT2D eigenvalue weighted by atomic mass is 9.86. The first-order valence-corrected chi connectivity index (χ1v) is 8.50. The second kappa shape index (κ2) is 7.13. The van der Waals surface area contributed by atoms with Crippen molar-refractivity contribution in [3.05, 3.63) is 34.9 Å². The van der Waals surface area contributed by atoms with Gasteiger partial charge < -0.3 is 5.32 Å². The molecule has 0 bridgehead atoms. The quantitative estimate of drug-likeness (QED) is 0.760. The number of nitrogens with one attached hydrogen (secondary N) is 1. The Morgan fingerprint density at radius 1 is 1.43 bits per heavy atom. The number of hydrogen-bond donors (Lipinski definition) is 1. The zero-order chi connectivity index (χ0) is 15.5. The summed E-state index contributed by atoms with van der Waals surface area (Å²) in [6, 6.07) is 9.39. The van der Waals surface area contributed by atoms with Crippen LogP contribution < -0.4 is 5.32 Å². The third-order valence-corrected chi connectivity index (χ3v) is 5.11. The van der Waals surface area contributed by atoms with Crippen LogP contribution in [0.15, 0.2) is 24.3 Å². The highest BCUT2D eigenvalue weighted by Gasteiger charge is 2.29. The Morgan fingerprint density at radius 3 is 2.71 bits per heavy atom. The summed E-state index contributed by atoms with van der Waals surface area (Å²) in [5, 5.41) is 4.51. The van der Waals surface area contributed by atoms with E-state index in [1.54, 1.807) is 0 Å². The van der Waals surface area contributed by atoms with Gasteiger partial charge in [-0.25, -0.2) is 0 Å². The lowest BCUT2D eigenvalue weighted by molar-refractivity contribution is 0.147. The molecule has 0 heterocycles. The van der Waals surface area contributed by atoms with Gasteiger partial charge in [-0.2, -0.15) is 0 Å². The molecule has 1 aliphatic carbocycles. The summed E-state index contributed by atoms with van der Waals surface area (Å²) in [5.41, 5.74) is 1.61. The average molecular weight is 309 g/mol. The number of benzene rings is 1. The fourth-order valence-electron chi connectivity index (χ4n) is 2.73. The lowest BCUT2D eigenvalue weighted by Crippen LogP contribution is -2.42. The molecule has 118 valence electrons. The van der Waals surface area contributed by atoms with Crippen LogP contribution in [0.2, 0.25) is 5.02 Å². The molecule has 2 unspecified atom stereocenters. The van der Waals surface area contributed by atoms with E-state index >= 15 is 0 Å². The third-order valence-electron chi connectivity index (χ3n) is 4.87. The zero-order valence-corrected chi connectivity index (χ0v) is 14.6. The largest absolute Gasteiger partial charge is 0.313 e. The molecule has 1 fully saturated rings. The Balaban J connectivity index is 1.95. The predicted molar refractivity (Wildman–Crippen MR) is 91.9 cm³/mol. The van der Waals surface area contributed by atoms with Crippen molar-refractivity contribution in [3.63, 3.8) is 0 Å². The van der Waals surface area contributed by atoms with E-state index in [1.165, 1.54) is 24.8 Å². The molecule has 21 heavy (non-hydrogen) atoms. The van der Waals surface area contributed by atoms with E-state index in [1.807, 2.05) is 12.1 Å². The molecular formula is C18H29ClN2. The van der Waals surface area contributed by atoms with Gasteiger partial charge in [-0.15, -0.1) is 0 Å². The maximum Gasteiger partial charge on any atom is 0.0409 e. The topological polar surface area (TPSA) is 15.3 Å². The zero-order valence-electron chi connectivity index (χ0n) is 13.8. The van der Waals surface area contributed by atoms with E-state index in [0.717, 1.165) is 24.2 Å². The Kier molecular flexibility index (Phi) is 5.70. The highest BCUT2D eigenvalue weighted by molar-refractivity contribution is 6.30. The highest BCUT2D eigenvalue weighted by Crippen LogP contribution is 2.29. The minimum Gasteiger partial charge on any atom is -0.313 e. The Labute approximate surface area is 134 Å². The molecule has 2 rings (SSSR count). The van der Waals surface area contributed by atoms with Gasteiger partial charge in [-0.3, -0.25) is 4.90 Å². The molecule has 0 amide bonds. The average Bonchev–Trinajstić information content (AvgIpc) is 3.28. The Bertz CT molecular complexity index is 458. The van der Waals surface area contributed by atoms with Crippen LogP contribution in [-0.4, -0.2) is 31.1 Å². The van der Waals surface area contributed by atoms with Crippen LogP contribution in [0, 0.1) is 5.41 Å². The number of nitrogens with zero attached hydrogens (tertiary/aromatic N) is 1. The van der Waals surface area contributed by atoms with E-state index in [-0.39, 0.29) is 0 Å². The van der Waals surface area contributed by atoms with Crippen molar-refractivity contribution in [1.29, 1.82) is 0 Å². The molecule has 1 aromatic carbocycles. The molecule has 3 heteroatoms. The van der Waals surface area contributed by atoms with Crippen LogP contribution in [0.5, 0.6) is 0 Å². The minimum absolute atomic E-state index is 0.324. The second-order valence-corrected chi connectivity index (χ2v) is 7.40. The molecule has 0 spiro atoms. The van der Waals surface area contributed by atoms with Crippen molar-refractivity contribution >= 4 is 11.6 Å². The number of halogens is 1. The molecule has 0 radical (unpaired) electrons.